The van der Waals surface area contributed by atoms with E-state index in [4.69, 9.17) is 9.84 Å². The SMILES string of the molecule is C[C@H](CC(=O)[C@H]1Cc2ccccc2CN1CCOc1ccc(F)cc1)c1ccc(C(=O)O)cc1. The highest BCUT2D eigenvalue weighted by atomic mass is 19.1. The molecule has 0 saturated carbocycles. The summed E-state index contributed by atoms with van der Waals surface area (Å²) >= 11 is 0. The first-order valence-electron chi connectivity index (χ1n) is 11.5. The lowest BCUT2D eigenvalue weighted by Gasteiger charge is -2.36. The Morgan fingerprint density at radius 3 is 2.38 bits per heavy atom. The van der Waals surface area contributed by atoms with Crippen molar-refractivity contribution < 1.29 is 23.8 Å². The van der Waals surface area contributed by atoms with Crippen molar-refractivity contribution in [2.75, 3.05) is 13.2 Å². The van der Waals surface area contributed by atoms with Gasteiger partial charge in [-0.3, -0.25) is 9.69 Å². The highest BCUT2D eigenvalue weighted by Gasteiger charge is 2.31. The second-order valence-corrected chi connectivity index (χ2v) is 8.76. The van der Waals surface area contributed by atoms with Crippen LogP contribution in [-0.2, 0) is 17.8 Å². The number of carboxylic acid groups (broad SMARTS) is 1. The quantitative estimate of drug-likeness (QED) is 0.481. The van der Waals surface area contributed by atoms with E-state index in [1.165, 1.54) is 23.3 Å². The van der Waals surface area contributed by atoms with Gasteiger partial charge in [-0.15, -0.1) is 0 Å². The second-order valence-electron chi connectivity index (χ2n) is 8.76. The molecular weight excluding hydrogens is 433 g/mol. The Hall–Kier alpha value is -3.51. The summed E-state index contributed by atoms with van der Waals surface area (Å²) in [5.41, 5.74) is 3.58. The van der Waals surface area contributed by atoms with E-state index in [2.05, 4.69) is 17.0 Å². The lowest BCUT2D eigenvalue weighted by molar-refractivity contribution is -0.125. The van der Waals surface area contributed by atoms with Crippen LogP contribution in [-0.4, -0.2) is 41.0 Å². The molecule has 0 amide bonds. The van der Waals surface area contributed by atoms with Gasteiger partial charge in [0.25, 0.3) is 0 Å². The van der Waals surface area contributed by atoms with Crippen molar-refractivity contribution in [2.45, 2.75) is 38.3 Å². The molecule has 0 bridgehead atoms. The van der Waals surface area contributed by atoms with Gasteiger partial charge in [0.1, 0.15) is 18.2 Å². The van der Waals surface area contributed by atoms with Crippen LogP contribution in [0.15, 0.2) is 72.8 Å². The van der Waals surface area contributed by atoms with E-state index in [0.29, 0.717) is 38.3 Å². The average molecular weight is 462 g/mol. The zero-order valence-corrected chi connectivity index (χ0v) is 19.1. The number of ether oxygens (including phenoxy) is 1. The molecule has 34 heavy (non-hydrogen) atoms. The zero-order chi connectivity index (χ0) is 24.1. The van der Waals surface area contributed by atoms with Crippen LogP contribution in [0.3, 0.4) is 0 Å². The molecule has 0 fully saturated rings. The van der Waals surface area contributed by atoms with Crippen molar-refractivity contribution in [2.24, 2.45) is 0 Å². The molecular formula is C28H28FNO4. The predicted molar refractivity (Wildman–Crippen MR) is 128 cm³/mol. The van der Waals surface area contributed by atoms with Gasteiger partial charge in [-0.2, -0.15) is 0 Å². The van der Waals surface area contributed by atoms with Crippen LogP contribution >= 0.6 is 0 Å². The van der Waals surface area contributed by atoms with Crippen molar-refractivity contribution in [1.82, 2.24) is 4.90 Å². The van der Waals surface area contributed by atoms with Crippen molar-refractivity contribution in [1.29, 1.82) is 0 Å². The highest BCUT2D eigenvalue weighted by molar-refractivity contribution is 5.88. The van der Waals surface area contributed by atoms with Gasteiger partial charge in [0.15, 0.2) is 5.78 Å². The minimum Gasteiger partial charge on any atom is -0.492 e. The number of hydrogen-bond donors (Lipinski definition) is 1. The molecule has 1 heterocycles. The molecule has 5 nitrogen and oxygen atoms in total. The van der Waals surface area contributed by atoms with Gasteiger partial charge in [-0.1, -0.05) is 43.3 Å². The van der Waals surface area contributed by atoms with Crippen LogP contribution in [0, 0.1) is 5.82 Å². The number of nitrogens with zero attached hydrogens (tertiary/aromatic N) is 1. The minimum atomic E-state index is -0.963. The Labute approximate surface area is 198 Å². The number of rotatable bonds is 9. The fraction of sp³-hybridized carbons (Fsp3) is 0.286. The van der Waals surface area contributed by atoms with Crippen LogP contribution in [0.5, 0.6) is 5.75 Å². The molecule has 1 N–H and O–H groups in total. The summed E-state index contributed by atoms with van der Waals surface area (Å²) in [7, 11) is 0. The van der Waals surface area contributed by atoms with E-state index >= 15 is 0 Å². The maximum atomic E-state index is 13.4. The fourth-order valence-electron chi connectivity index (χ4n) is 4.45. The van der Waals surface area contributed by atoms with Crippen LogP contribution in [0.25, 0.3) is 0 Å². The van der Waals surface area contributed by atoms with Crippen LogP contribution in [0.4, 0.5) is 4.39 Å². The van der Waals surface area contributed by atoms with Gasteiger partial charge in [-0.05, 0) is 65.4 Å². The van der Waals surface area contributed by atoms with Gasteiger partial charge in [0.05, 0.1) is 11.6 Å². The zero-order valence-electron chi connectivity index (χ0n) is 19.1. The maximum absolute atomic E-state index is 13.4. The Balaban J connectivity index is 1.44. The molecule has 1 aliphatic rings. The number of carboxylic acids is 1. The number of Topliss-reactive ketones (excluding diaryl/α,β-unsaturated/α-hetero) is 1. The third kappa shape index (κ3) is 5.69. The Morgan fingerprint density at radius 2 is 1.71 bits per heavy atom. The Morgan fingerprint density at radius 1 is 1.03 bits per heavy atom. The summed E-state index contributed by atoms with van der Waals surface area (Å²) < 4.78 is 18.9. The topological polar surface area (TPSA) is 66.8 Å². The van der Waals surface area contributed by atoms with Crippen LogP contribution < -0.4 is 4.74 Å². The lowest BCUT2D eigenvalue weighted by atomic mass is 9.87. The van der Waals surface area contributed by atoms with Gasteiger partial charge in [-0.25, -0.2) is 9.18 Å². The van der Waals surface area contributed by atoms with Gasteiger partial charge >= 0.3 is 5.97 Å². The number of carbonyl (C=O) groups is 2. The third-order valence-corrected chi connectivity index (χ3v) is 6.41. The molecule has 0 spiro atoms. The number of carbonyl (C=O) groups excluding carboxylic acids is 1. The molecule has 4 rings (SSSR count). The number of hydrogen-bond acceptors (Lipinski definition) is 4. The summed E-state index contributed by atoms with van der Waals surface area (Å²) in [5, 5.41) is 9.11. The molecule has 3 aromatic carbocycles. The normalized spacial score (nSPS) is 16.5. The summed E-state index contributed by atoms with van der Waals surface area (Å²) in [4.78, 5) is 26.7. The smallest absolute Gasteiger partial charge is 0.335 e. The van der Waals surface area contributed by atoms with Gasteiger partial charge in [0, 0.05) is 19.5 Å². The van der Waals surface area contributed by atoms with Crippen molar-refractivity contribution >= 4 is 11.8 Å². The highest BCUT2D eigenvalue weighted by Crippen LogP contribution is 2.27. The van der Waals surface area contributed by atoms with E-state index in [9.17, 15) is 14.0 Å². The van der Waals surface area contributed by atoms with Gasteiger partial charge in [0.2, 0.25) is 0 Å². The van der Waals surface area contributed by atoms with Crippen molar-refractivity contribution in [3.63, 3.8) is 0 Å². The molecule has 0 aromatic heterocycles. The van der Waals surface area contributed by atoms with E-state index in [0.717, 1.165) is 5.56 Å². The summed E-state index contributed by atoms with van der Waals surface area (Å²) in [5.74, 6) is -0.539. The molecule has 6 heteroatoms. The van der Waals surface area contributed by atoms with E-state index in [1.54, 1.807) is 36.4 Å². The maximum Gasteiger partial charge on any atom is 0.335 e. The first-order valence-corrected chi connectivity index (χ1v) is 11.5. The summed E-state index contributed by atoms with van der Waals surface area (Å²) in [6.45, 7) is 3.63. The standard InChI is InChI=1S/C28H28FNO4/c1-19(20-6-8-21(9-7-20)28(32)33)16-27(31)26-17-22-4-2-3-5-23(22)18-30(26)14-15-34-25-12-10-24(29)11-13-25/h2-13,19,26H,14-18H2,1H3,(H,32,33)/t19-,26-/m1/s1. The third-order valence-electron chi connectivity index (χ3n) is 6.41. The molecule has 176 valence electrons. The number of halogens is 1. The molecule has 0 aliphatic carbocycles. The largest absolute Gasteiger partial charge is 0.492 e. The monoisotopic (exact) mass is 461 g/mol. The first kappa shape index (κ1) is 23.6. The number of aromatic carboxylic acids is 1. The molecule has 0 unspecified atom stereocenters. The number of benzene rings is 3. The second kappa shape index (κ2) is 10.6. The molecule has 1 aliphatic heterocycles. The van der Waals surface area contributed by atoms with E-state index < -0.39 is 5.97 Å². The fourth-order valence-corrected chi connectivity index (χ4v) is 4.45. The number of ketones is 1. The van der Waals surface area contributed by atoms with Crippen LogP contribution in [0.2, 0.25) is 0 Å². The van der Waals surface area contributed by atoms with E-state index in [1.807, 2.05) is 19.1 Å². The summed E-state index contributed by atoms with van der Waals surface area (Å²) in [6, 6.07) is 20.6. The van der Waals surface area contributed by atoms with E-state index in [-0.39, 0.29) is 29.1 Å². The molecule has 3 aromatic rings. The summed E-state index contributed by atoms with van der Waals surface area (Å²) in [6.07, 6.45) is 1.02. The predicted octanol–water partition coefficient (Wildman–Crippen LogP) is 5.09. The Kier molecular flexibility index (Phi) is 7.38. The lowest BCUT2D eigenvalue weighted by Crippen LogP contribution is -2.47. The molecule has 0 radical (unpaired) electrons. The van der Waals surface area contributed by atoms with Crippen molar-refractivity contribution in [3.8, 4) is 5.75 Å². The molecule has 2 atom stereocenters. The number of fused-ring (bicyclic) bond motifs is 1. The average Bonchev–Trinajstić information content (AvgIpc) is 2.84. The molecule has 0 saturated heterocycles. The first-order chi connectivity index (χ1) is 16.4. The minimum absolute atomic E-state index is 0.0233. The van der Waals surface area contributed by atoms with Crippen LogP contribution in [0.1, 0.15) is 46.3 Å². The Bertz CT molecular complexity index is 1140. The van der Waals surface area contributed by atoms with Crippen molar-refractivity contribution in [3.05, 3.63) is 101 Å². The van der Waals surface area contributed by atoms with Gasteiger partial charge < -0.3 is 9.84 Å².